The zero-order valence-corrected chi connectivity index (χ0v) is 10.3. The molecule has 0 aromatic carbocycles. The van der Waals surface area contributed by atoms with Crippen molar-refractivity contribution in [3.05, 3.63) is 0 Å². The second kappa shape index (κ2) is 4.74. The molecule has 0 aromatic heterocycles. The lowest BCUT2D eigenvalue weighted by atomic mass is 9.95. The Morgan fingerprint density at radius 3 is 2.76 bits per heavy atom. The van der Waals surface area contributed by atoms with E-state index >= 15 is 0 Å². The van der Waals surface area contributed by atoms with Crippen molar-refractivity contribution in [2.24, 2.45) is 0 Å². The number of carbonyl (C=O) groups excluding carboxylic acids is 2. The maximum absolute atomic E-state index is 11.9. The molecule has 5 heteroatoms. The third-order valence-corrected chi connectivity index (χ3v) is 3.49. The number of hydrogen-bond donors (Lipinski definition) is 1. The van der Waals surface area contributed by atoms with Gasteiger partial charge in [-0.2, -0.15) is 0 Å². The molecule has 2 rings (SSSR count). The SMILES string of the molecule is CC1(O)CCCN(CC(=O)N2CCCC2=O)C1. The van der Waals surface area contributed by atoms with Gasteiger partial charge in [0.05, 0.1) is 12.1 Å². The molecule has 17 heavy (non-hydrogen) atoms. The summed E-state index contributed by atoms with van der Waals surface area (Å²) in [6.45, 7) is 3.94. The maximum Gasteiger partial charge on any atom is 0.243 e. The highest BCUT2D eigenvalue weighted by atomic mass is 16.3. The molecule has 0 radical (unpaired) electrons. The van der Waals surface area contributed by atoms with Crippen LogP contribution in [0.1, 0.15) is 32.6 Å². The summed E-state index contributed by atoms with van der Waals surface area (Å²) in [5, 5.41) is 9.94. The fourth-order valence-corrected chi connectivity index (χ4v) is 2.65. The minimum Gasteiger partial charge on any atom is -0.389 e. The average Bonchev–Trinajstić information content (AvgIpc) is 2.62. The fourth-order valence-electron chi connectivity index (χ4n) is 2.65. The van der Waals surface area contributed by atoms with Crippen LogP contribution in [0.15, 0.2) is 0 Å². The van der Waals surface area contributed by atoms with E-state index in [0.717, 1.165) is 25.8 Å². The van der Waals surface area contributed by atoms with Gasteiger partial charge >= 0.3 is 0 Å². The van der Waals surface area contributed by atoms with Gasteiger partial charge in [0.2, 0.25) is 11.8 Å². The minimum atomic E-state index is -0.701. The second-order valence-corrected chi connectivity index (χ2v) is 5.35. The Hall–Kier alpha value is -0.940. The number of hydrogen-bond acceptors (Lipinski definition) is 4. The van der Waals surface area contributed by atoms with Gasteiger partial charge < -0.3 is 5.11 Å². The van der Waals surface area contributed by atoms with Crippen LogP contribution < -0.4 is 0 Å². The van der Waals surface area contributed by atoms with Crippen molar-refractivity contribution in [2.75, 3.05) is 26.2 Å². The molecule has 2 aliphatic heterocycles. The molecule has 1 unspecified atom stereocenters. The van der Waals surface area contributed by atoms with E-state index in [4.69, 9.17) is 0 Å². The van der Waals surface area contributed by atoms with Crippen LogP contribution in [-0.2, 0) is 9.59 Å². The molecule has 0 bridgehead atoms. The van der Waals surface area contributed by atoms with Crippen molar-refractivity contribution in [1.82, 2.24) is 9.80 Å². The van der Waals surface area contributed by atoms with Gasteiger partial charge in [0, 0.05) is 19.5 Å². The van der Waals surface area contributed by atoms with Gasteiger partial charge in [-0.05, 0) is 32.7 Å². The lowest BCUT2D eigenvalue weighted by Crippen LogP contribution is -2.50. The molecule has 2 aliphatic rings. The lowest BCUT2D eigenvalue weighted by Gasteiger charge is -2.36. The monoisotopic (exact) mass is 240 g/mol. The van der Waals surface area contributed by atoms with E-state index in [1.807, 2.05) is 4.90 Å². The van der Waals surface area contributed by atoms with Gasteiger partial charge in [-0.15, -0.1) is 0 Å². The highest BCUT2D eigenvalue weighted by Crippen LogP contribution is 2.20. The van der Waals surface area contributed by atoms with Gasteiger partial charge in [-0.1, -0.05) is 0 Å². The first-order valence-corrected chi connectivity index (χ1v) is 6.26. The highest BCUT2D eigenvalue weighted by Gasteiger charge is 2.32. The zero-order chi connectivity index (χ0) is 12.5. The molecule has 2 amide bonds. The van der Waals surface area contributed by atoms with Crippen molar-refractivity contribution in [3.63, 3.8) is 0 Å². The molecular formula is C12H20N2O3. The number of piperidine rings is 1. The highest BCUT2D eigenvalue weighted by molar-refractivity contribution is 5.97. The quantitative estimate of drug-likeness (QED) is 0.737. The number of likely N-dealkylation sites (tertiary alicyclic amines) is 2. The molecule has 2 fully saturated rings. The number of β-amino-alcohol motifs (C(OH)–C–C–N with tert-alkyl or cyclic N) is 1. The molecule has 2 saturated heterocycles. The molecular weight excluding hydrogens is 220 g/mol. The van der Waals surface area contributed by atoms with E-state index in [9.17, 15) is 14.7 Å². The van der Waals surface area contributed by atoms with Crippen LogP contribution in [0.5, 0.6) is 0 Å². The number of imide groups is 1. The van der Waals surface area contributed by atoms with Crippen LogP contribution in [0, 0.1) is 0 Å². The number of aliphatic hydroxyl groups is 1. The summed E-state index contributed by atoms with van der Waals surface area (Å²) in [6, 6.07) is 0. The first-order chi connectivity index (χ1) is 7.98. The molecule has 1 atom stereocenters. The van der Waals surface area contributed by atoms with Crippen molar-refractivity contribution in [1.29, 1.82) is 0 Å². The molecule has 0 spiro atoms. The first-order valence-electron chi connectivity index (χ1n) is 6.26. The molecule has 2 heterocycles. The van der Waals surface area contributed by atoms with Crippen molar-refractivity contribution in [2.45, 2.75) is 38.2 Å². The van der Waals surface area contributed by atoms with Crippen molar-refractivity contribution < 1.29 is 14.7 Å². The Morgan fingerprint density at radius 1 is 1.41 bits per heavy atom. The average molecular weight is 240 g/mol. The normalized spacial score (nSPS) is 30.9. The Morgan fingerprint density at radius 2 is 2.18 bits per heavy atom. The smallest absolute Gasteiger partial charge is 0.243 e. The number of carbonyl (C=O) groups is 2. The number of nitrogens with zero attached hydrogens (tertiary/aromatic N) is 2. The van der Waals surface area contributed by atoms with Gasteiger partial charge in [0.15, 0.2) is 0 Å². The lowest BCUT2D eigenvalue weighted by molar-refractivity contribution is -0.143. The Labute approximate surface area is 101 Å². The van der Waals surface area contributed by atoms with E-state index in [0.29, 0.717) is 19.5 Å². The van der Waals surface area contributed by atoms with Gasteiger partial charge in [-0.25, -0.2) is 0 Å². The first kappa shape index (κ1) is 12.5. The summed E-state index contributed by atoms with van der Waals surface area (Å²) in [4.78, 5) is 26.6. The molecule has 0 saturated carbocycles. The molecule has 0 aromatic rings. The topological polar surface area (TPSA) is 60.9 Å². The van der Waals surface area contributed by atoms with Crippen LogP contribution in [0.3, 0.4) is 0 Å². The maximum atomic E-state index is 11.9. The molecule has 0 aliphatic carbocycles. The largest absolute Gasteiger partial charge is 0.389 e. The zero-order valence-electron chi connectivity index (χ0n) is 10.3. The fraction of sp³-hybridized carbons (Fsp3) is 0.833. The van der Waals surface area contributed by atoms with E-state index in [2.05, 4.69) is 0 Å². The molecule has 5 nitrogen and oxygen atoms in total. The van der Waals surface area contributed by atoms with Gasteiger partial charge in [0.25, 0.3) is 0 Å². The second-order valence-electron chi connectivity index (χ2n) is 5.35. The third-order valence-electron chi connectivity index (χ3n) is 3.49. The van der Waals surface area contributed by atoms with E-state index in [1.54, 1.807) is 6.92 Å². The summed E-state index contributed by atoms with van der Waals surface area (Å²) in [5.74, 6) is -0.177. The Balaban J connectivity index is 1.88. The predicted octanol–water partition coefficient (Wildman–Crippen LogP) is -0.0178. The summed E-state index contributed by atoms with van der Waals surface area (Å²) >= 11 is 0. The predicted molar refractivity (Wildman–Crippen MR) is 62.3 cm³/mol. The number of amides is 2. The van der Waals surface area contributed by atoms with E-state index in [-0.39, 0.29) is 18.4 Å². The molecule has 1 N–H and O–H groups in total. The number of rotatable bonds is 2. The third kappa shape index (κ3) is 3.04. The van der Waals surface area contributed by atoms with Crippen LogP contribution in [-0.4, -0.2) is 58.5 Å². The summed E-state index contributed by atoms with van der Waals surface area (Å²) in [6.07, 6.45) is 2.94. The summed E-state index contributed by atoms with van der Waals surface area (Å²) in [7, 11) is 0. The van der Waals surface area contributed by atoms with Crippen molar-refractivity contribution >= 4 is 11.8 Å². The van der Waals surface area contributed by atoms with Gasteiger partial charge in [0.1, 0.15) is 0 Å². The van der Waals surface area contributed by atoms with Crippen LogP contribution in [0.4, 0.5) is 0 Å². The summed E-state index contributed by atoms with van der Waals surface area (Å²) < 4.78 is 0. The van der Waals surface area contributed by atoms with Crippen LogP contribution in [0.2, 0.25) is 0 Å². The minimum absolute atomic E-state index is 0.0567. The summed E-state index contributed by atoms with van der Waals surface area (Å²) in [5.41, 5.74) is -0.701. The Kier molecular flexibility index (Phi) is 3.49. The van der Waals surface area contributed by atoms with E-state index in [1.165, 1.54) is 4.90 Å². The molecule has 96 valence electrons. The van der Waals surface area contributed by atoms with E-state index < -0.39 is 5.60 Å². The van der Waals surface area contributed by atoms with Crippen LogP contribution in [0.25, 0.3) is 0 Å². The standard InChI is InChI=1S/C12H20N2O3/c1-12(17)5-3-6-13(9-12)8-11(16)14-7-2-4-10(14)15/h17H,2-9H2,1H3. The van der Waals surface area contributed by atoms with Crippen molar-refractivity contribution in [3.8, 4) is 0 Å². The van der Waals surface area contributed by atoms with Gasteiger partial charge in [-0.3, -0.25) is 19.4 Å². The van der Waals surface area contributed by atoms with Crippen LogP contribution >= 0.6 is 0 Å². The Bertz CT molecular complexity index is 328.